The van der Waals surface area contributed by atoms with Crippen LogP contribution in [0.5, 0.6) is 0 Å². The van der Waals surface area contributed by atoms with Crippen molar-refractivity contribution in [1.29, 1.82) is 0 Å². The minimum absolute atomic E-state index is 0.259. The van der Waals surface area contributed by atoms with Gasteiger partial charge in [-0.25, -0.2) is 13.6 Å². The van der Waals surface area contributed by atoms with Gasteiger partial charge in [-0.1, -0.05) is 18.2 Å². The molecular weight excluding hydrogens is 340 g/mol. The van der Waals surface area contributed by atoms with E-state index in [1.807, 2.05) is 0 Å². The van der Waals surface area contributed by atoms with E-state index < -0.39 is 17.9 Å². The minimum Gasteiger partial charge on any atom is -0.350 e. The molecule has 5 nitrogen and oxygen atoms in total. The minimum atomic E-state index is -0.580. The van der Waals surface area contributed by atoms with Gasteiger partial charge in [0.25, 0.3) is 0 Å². The Morgan fingerprint density at radius 2 is 1.85 bits per heavy atom. The van der Waals surface area contributed by atoms with Crippen LogP contribution >= 0.6 is 0 Å². The Labute approximate surface area is 150 Å². The largest absolute Gasteiger partial charge is 0.350 e. The monoisotopic (exact) mass is 359 g/mol. The summed E-state index contributed by atoms with van der Waals surface area (Å²) < 4.78 is 26.1. The Bertz CT molecular complexity index is 796. The van der Waals surface area contributed by atoms with Gasteiger partial charge in [0.2, 0.25) is 5.91 Å². The summed E-state index contributed by atoms with van der Waals surface area (Å²) in [5.74, 6) is -1.05. The van der Waals surface area contributed by atoms with Gasteiger partial charge in [0.1, 0.15) is 17.7 Å². The molecule has 1 heterocycles. The molecule has 1 aliphatic heterocycles. The Hall–Kier alpha value is -2.96. The van der Waals surface area contributed by atoms with Crippen molar-refractivity contribution < 1.29 is 18.4 Å². The van der Waals surface area contributed by atoms with E-state index >= 15 is 0 Å². The molecule has 0 radical (unpaired) electrons. The highest BCUT2D eigenvalue weighted by Gasteiger charge is 2.34. The summed E-state index contributed by atoms with van der Waals surface area (Å²) in [4.78, 5) is 26.3. The zero-order valence-electron chi connectivity index (χ0n) is 14.0. The van der Waals surface area contributed by atoms with Crippen LogP contribution in [0.15, 0.2) is 48.5 Å². The third-order valence-corrected chi connectivity index (χ3v) is 4.27. The summed E-state index contributed by atoms with van der Waals surface area (Å²) in [7, 11) is 0. The van der Waals surface area contributed by atoms with Crippen molar-refractivity contribution in [2.45, 2.75) is 25.4 Å². The van der Waals surface area contributed by atoms with Crippen molar-refractivity contribution >= 4 is 17.6 Å². The lowest BCUT2D eigenvalue weighted by molar-refractivity contribution is -0.124. The van der Waals surface area contributed by atoms with Crippen molar-refractivity contribution in [3.8, 4) is 0 Å². The summed E-state index contributed by atoms with van der Waals surface area (Å²) >= 11 is 0. The first-order valence-electron chi connectivity index (χ1n) is 8.38. The fourth-order valence-electron chi connectivity index (χ4n) is 2.95. The molecule has 1 atom stereocenters. The molecule has 2 aromatic rings. The summed E-state index contributed by atoms with van der Waals surface area (Å²) in [6.45, 7) is 0.713. The summed E-state index contributed by atoms with van der Waals surface area (Å²) in [5, 5.41) is 5.39. The van der Waals surface area contributed by atoms with Gasteiger partial charge in [-0.15, -0.1) is 0 Å². The maximum Gasteiger partial charge on any atom is 0.322 e. The lowest BCUT2D eigenvalue weighted by Crippen LogP contribution is -2.47. The van der Waals surface area contributed by atoms with E-state index in [0.717, 1.165) is 5.56 Å². The van der Waals surface area contributed by atoms with E-state index in [1.54, 1.807) is 18.2 Å². The fourth-order valence-corrected chi connectivity index (χ4v) is 2.95. The van der Waals surface area contributed by atoms with Crippen molar-refractivity contribution in [3.05, 3.63) is 65.7 Å². The first kappa shape index (κ1) is 17.8. The van der Waals surface area contributed by atoms with Crippen LogP contribution in [0.25, 0.3) is 0 Å². The Morgan fingerprint density at radius 3 is 2.58 bits per heavy atom. The number of rotatable bonds is 4. The number of nitrogens with one attached hydrogen (secondary N) is 2. The average Bonchev–Trinajstić information content (AvgIpc) is 3.11. The predicted octanol–water partition coefficient (Wildman–Crippen LogP) is 3.28. The Morgan fingerprint density at radius 1 is 1.08 bits per heavy atom. The second-order valence-corrected chi connectivity index (χ2v) is 6.14. The van der Waals surface area contributed by atoms with Crippen LogP contribution in [-0.4, -0.2) is 29.4 Å². The number of carbonyl (C=O) groups is 2. The van der Waals surface area contributed by atoms with Crippen LogP contribution < -0.4 is 10.6 Å². The SMILES string of the molecule is O=C(NCc1ccc(F)cc1)[C@@H]1CCCN1C(=O)Nc1cccc(F)c1. The molecule has 3 amide bonds. The normalized spacial score (nSPS) is 16.4. The predicted molar refractivity (Wildman–Crippen MR) is 93.4 cm³/mol. The molecule has 0 spiro atoms. The number of hydrogen-bond donors (Lipinski definition) is 2. The van der Waals surface area contributed by atoms with E-state index in [0.29, 0.717) is 25.1 Å². The molecule has 2 aromatic carbocycles. The van der Waals surface area contributed by atoms with Gasteiger partial charge in [0, 0.05) is 18.8 Å². The number of nitrogens with zero attached hydrogens (tertiary/aromatic N) is 1. The number of benzene rings is 2. The number of hydrogen-bond acceptors (Lipinski definition) is 2. The molecule has 0 aromatic heterocycles. The van der Waals surface area contributed by atoms with E-state index in [-0.39, 0.29) is 18.3 Å². The van der Waals surface area contributed by atoms with Gasteiger partial charge in [-0.05, 0) is 48.7 Å². The number of carbonyl (C=O) groups excluding carboxylic acids is 2. The highest BCUT2D eigenvalue weighted by molar-refractivity contribution is 5.94. The second-order valence-electron chi connectivity index (χ2n) is 6.14. The highest BCUT2D eigenvalue weighted by atomic mass is 19.1. The zero-order chi connectivity index (χ0) is 18.5. The lowest BCUT2D eigenvalue weighted by atomic mass is 10.2. The van der Waals surface area contributed by atoms with Gasteiger partial charge in [-0.2, -0.15) is 0 Å². The molecule has 7 heteroatoms. The number of likely N-dealkylation sites (tertiary alicyclic amines) is 1. The molecule has 1 fully saturated rings. The van der Waals surface area contributed by atoms with E-state index in [9.17, 15) is 18.4 Å². The van der Waals surface area contributed by atoms with E-state index in [2.05, 4.69) is 10.6 Å². The van der Waals surface area contributed by atoms with Crippen LogP contribution in [-0.2, 0) is 11.3 Å². The second kappa shape index (κ2) is 7.95. The van der Waals surface area contributed by atoms with Crippen molar-refractivity contribution in [2.24, 2.45) is 0 Å². The Kier molecular flexibility index (Phi) is 5.46. The van der Waals surface area contributed by atoms with Gasteiger partial charge >= 0.3 is 6.03 Å². The Balaban J connectivity index is 1.58. The van der Waals surface area contributed by atoms with Gasteiger partial charge in [0.05, 0.1) is 0 Å². The molecule has 0 bridgehead atoms. The number of urea groups is 1. The summed E-state index contributed by atoms with van der Waals surface area (Å²) in [6.07, 6.45) is 1.27. The highest BCUT2D eigenvalue weighted by Crippen LogP contribution is 2.20. The quantitative estimate of drug-likeness (QED) is 0.880. The standard InChI is InChI=1S/C19H19F2N3O2/c20-14-8-6-13(7-9-14)12-22-18(25)17-5-2-10-24(17)19(26)23-16-4-1-3-15(21)11-16/h1,3-4,6-9,11,17H,2,5,10,12H2,(H,22,25)(H,23,26)/t17-/m0/s1. The fraction of sp³-hybridized carbons (Fsp3) is 0.263. The molecule has 0 aliphatic carbocycles. The van der Waals surface area contributed by atoms with Crippen LogP contribution in [0.3, 0.4) is 0 Å². The molecule has 136 valence electrons. The molecule has 3 rings (SSSR count). The zero-order valence-corrected chi connectivity index (χ0v) is 14.0. The van der Waals surface area contributed by atoms with Crippen LogP contribution in [0, 0.1) is 11.6 Å². The van der Waals surface area contributed by atoms with E-state index in [4.69, 9.17) is 0 Å². The topological polar surface area (TPSA) is 61.4 Å². The van der Waals surface area contributed by atoms with E-state index in [1.165, 1.54) is 35.2 Å². The lowest BCUT2D eigenvalue weighted by Gasteiger charge is -2.24. The maximum absolute atomic E-state index is 13.2. The molecule has 1 aliphatic rings. The van der Waals surface area contributed by atoms with Crippen LogP contribution in [0.4, 0.5) is 19.3 Å². The maximum atomic E-state index is 13.2. The summed E-state index contributed by atoms with van der Waals surface area (Å²) in [6, 6.07) is 10.4. The molecule has 2 N–H and O–H groups in total. The number of halogens is 2. The first-order chi connectivity index (χ1) is 12.5. The number of anilines is 1. The van der Waals surface area contributed by atoms with Gasteiger partial charge in [0.15, 0.2) is 0 Å². The average molecular weight is 359 g/mol. The molecule has 26 heavy (non-hydrogen) atoms. The summed E-state index contributed by atoms with van der Waals surface area (Å²) in [5.41, 5.74) is 1.11. The smallest absolute Gasteiger partial charge is 0.322 e. The van der Waals surface area contributed by atoms with Crippen LogP contribution in [0.2, 0.25) is 0 Å². The third kappa shape index (κ3) is 4.36. The molecule has 0 saturated carbocycles. The first-order valence-corrected chi connectivity index (χ1v) is 8.38. The van der Waals surface area contributed by atoms with Crippen molar-refractivity contribution in [2.75, 3.05) is 11.9 Å². The number of amides is 3. The van der Waals surface area contributed by atoms with Gasteiger partial charge < -0.3 is 15.5 Å². The van der Waals surface area contributed by atoms with Gasteiger partial charge in [-0.3, -0.25) is 4.79 Å². The van der Waals surface area contributed by atoms with Crippen LogP contribution in [0.1, 0.15) is 18.4 Å². The third-order valence-electron chi connectivity index (χ3n) is 4.27. The van der Waals surface area contributed by atoms with Crippen molar-refractivity contribution in [3.63, 3.8) is 0 Å². The molecular formula is C19H19F2N3O2. The molecule has 0 unspecified atom stereocenters. The molecule has 1 saturated heterocycles. The van der Waals surface area contributed by atoms with Crippen molar-refractivity contribution in [1.82, 2.24) is 10.2 Å².